The molecule has 0 aromatic carbocycles. The molecule has 2 atom stereocenters. The van der Waals surface area contributed by atoms with Crippen LogP contribution in [0.4, 0.5) is 0 Å². The largest absolute Gasteiger partial charge is 0.361 e. The zero-order valence-corrected chi connectivity index (χ0v) is 14.3. The van der Waals surface area contributed by atoms with E-state index >= 15 is 0 Å². The molecule has 5 heteroatoms. The number of rotatable bonds is 5. The van der Waals surface area contributed by atoms with Crippen LogP contribution in [0.15, 0.2) is 4.52 Å². The molecular weight excluding hydrogens is 278 g/mol. The van der Waals surface area contributed by atoms with Crippen LogP contribution in [0.1, 0.15) is 69.0 Å². The minimum Gasteiger partial charge on any atom is -0.361 e. The van der Waals surface area contributed by atoms with Gasteiger partial charge in [0, 0.05) is 37.2 Å². The Morgan fingerprint density at radius 2 is 1.86 bits per heavy atom. The lowest BCUT2D eigenvalue weighted by Gasteiger charge is -2.24. The van der Waals surface area contributed by atoms with Crippen LogP contribution in [0.2, 0.25) is 0 Å². The predicted octanol–water partition coefficient (Wildman–Crippen LogP) is 3.12. The Labute approximate surface area is 133 Å². The van der Waals surface area contributed by atoms with Gasteiger partial charge in [0.1, 0.15) is 5.76 Å². The maximum absolute atomic E-state index is 12.4. The molecule has 0 radical (unpaired) electrons. The van der Waals surface area contributed by atoms with E-state index in [4.69, 9.17) is 4.52 Å². The molecular formula is C17H29N3O2. The van der Waals surface area contributed by atoms with E-state index < -0.39 is 0 Å². The summed E-state index contributed by atoms with van der Waals surface area (Å²) in [5, 5.41) is 7.50. The monoisotopic (exact) mass is 307 g/mol. The summed E-state index contributed by atoms with van der Waals surface area (Å²) in [4.78, 5) is 14.5. The minimum atomic E-state index is 0.137. The number of hydrogen-bond donors (Lipinski definition) is 1. The summed E-state index contributed by atoms with van der Waals surface area (Å²) < 4.78 is 5.22. The third-order valence-electron chi connectivity index (χ3n) is 4.50. The maximum Gasteiger partial charge on any atom is 0.224 e. The van der Waals surface area contributed by atoms with Gasteiger partial charge in [-0.2, -0.15) is 0 Å². The van der Waals surface area contributed by atoms with Gasteiger partial charge in [0.15, 0.2) is 0 Å². The molecule has 1 saturated heterocycles. The van der Waals surface area contributed by atoms with Gasteiger partial charge in [-0.05, 0) is 40.5 Å². The summed E-state index contributed by atoms with van der Waals surface area (Å²) in [6.45, 7) is 9.90. The van der Waals surface area contributed by atoms with E-state index in [0.717, 1.165) is 42.9 Å². The highest BCUT2D eigenvalue weighted by Crippen LogP contribution is 2.21. The number of hydrogen-bond acceptors (Lipinski definition) is 4. The van der Waals surface area contributed by atoms with Gasteiger partial charge in [-0.3, -0.25) is 4.79 Å². The predicted molar refractivity (Wildman–Crippen MR) is 86.7 cm³/mol. The number of aryl methyl sites for hydroxylation is 2. The van der Waals surface area contributed by atoms with Gasteiger partial charge in [-0.15, -0.1) is 0 Å². The molecule has 22 heavy (non-hydrogen) atoms. The quantitative estimate of drug-likeness (QED) is 0.908. The van der Waals surface area contributed by atoms with Crippen LogP contribution >= 0.6 is 0 Å². The molecule has 1 N–H and O–H groups in total. The van der Waals surface area contributed by atoms with Crippen LogP contribution in [0.3, 0.4) is 0 Å². The SMILES string of the molecule is Cc1noc(C)c1[C@@H](C)N[C@H](C)CC(=O)N1CCCCCC1. The number of nitrogens with zero attached hydrogens (tertiary/aromatic N) is 2. The number of aromatic nitrogens is 1. The van der Waals surface area contributed by atoms with Crippen molar-refractivity contribution in [2.75, 3.05) is 13.1 Å². The number of nitrogens with one attached hydrogen (secondary N) is 1. The van der Waals surface area contributed by atoms with Gasteiger partial charge in [0.05, 0.1) is 5.69 Å². The number of carbonyl (C=O) groups excluding carboxylic acids is 1. The molecule has 1 amide bonds. The van der Waals surface area contributed by atoms with Crippen molar-refractivity contribution in [2.24, 2.45) is 0 Å². The third-order valence-corrected chi connectivity index (χ3v) is 4.50. The fourth-order valence-electron chi connectivity index (χ4n) is 3.39. The highest BCUT2D eigenvalue weighted by atomic mass is 16.5. The molecule has 0 bridgehead atoms. The second-order valence-corrected chi connectivity index (χ2v) is 6.53. The fourth-order valence-corrected chi connectivity index (χ4v) is 3.39. The lowest BCUT2D eigenvalue weighted by Crippen LogP contribution is -2.38. The van der Waals surface area contributed by atoms with Crippen molar-refractivity contribution in [1.82, 2.24) is 15.4 Å². The Bertz CT molecular complexity index is 471. The maximum atomic E-state index is 12.4. The molecule has 0 aliphatic carbocycles. The molecule has 2 rings (SSSR count). The zero-order valence-electron chi connectivity index (χ0n) is 14.3. The van der Waals surface area contributed by atoms with E-state index in [0.29, 0.717) is 6.42 Å². The van der Waals surface area contributed by atoms with Crippen LogP contribution < -0.4 is 5.32 Å². The summed E-state index contributed by atoms with van der Waals surface area (Å²) in [7, 11) is 0. The van der Waals surface area contributed by atoms with Crippen molar-refractivity contribution < 1.29 is 9.32 Å². The summed E-state index contributed by atoms with van der Waals surface area (Å²) in [6, 6.07) is 0.276. The van der Waals surface area contributed by atoms with E-state index in [1.54, 1.807) is 0 Å². The Kier molecular flexibility index (Phi) is 6.00. The molecule has 1 aliphatic heterocycles. The van der Waals surface area contributed by atoms with E-state index in [-0.39, 0.29) is 18.0 Å². The summed E-state index contributed by atoms with van der Waals surface area (Å²) >= 11 is 0. The number of likely N-dealkylation sites (tertiary alicyclic amines) is 1. The summed E-state index contributed by atoms with van der Waals surface area (Å²) in [6.07, 6.45) is 5.33. The van der Waals surface area contributed by atoms with E-state index in [1.165, 1.54) is 12.8 Å². The van der Waals surface area contributed by atoms with Crippen LogP contribution in [0.25, 0.3) is 0 Å². The lowest BCUT2D eigenvalue weighted by molar-refractivity contribution is -0.131. The lowest BCUT2D eigenvalue weighted by atomic mass is 10.1. The molecule has 0 spiro atoms. The van der Waals surface area contributed by atoms with E-state index in [9.17, 15) is 4.79 Å². The first-order valence-corrected chi connectivity index (χ1v) is 8.45. The second kappa shape index (κ2) is 7.77. The average molecular weight is 307 g/mol. The van der Waals surface area contributed by atoms with Gasteiger partial charge < -0.3 is 14.7 Å². The van der Waals surface area contributed by atoms with Gasteiger partial charge >= 0.3 is 0 Å². The molecule has 0 unspecified atom stereocenters. The molecule has 1 fully saturated rings. The molecule has 1 aliphatic rings. The Hall–Kier alpha value is -1.36. The summed E-state index contributed by atoms with van der Waals surface area (Å²) in [5.74, 6) is 1.12. The standard InChI is InChI=1S/C17H29N3O2/c1-12(11-16(21)20-9-7-5-6-8-10-20)18-13(2)17-14(3)19-22-15(17)4/h12-13,18H,5-11H2,1-4H3/t12-,13-/m1/s1. The molecule has 1 aromatic rings. The Balaban J connectivity index is 1.86. The van der Waals surface area contributed by atoms with Crippen LogP contribution in [-0.2, 0) is 4.79 Å². The second-order valence-electron chi connectivity index (χ2n) is 6.53. The van der Waals surface area contributed by atoms with Crippen molar-refractivity contribution in [1.29, 1.82) is 0 Å². The van der Waals surface area contributed by atoms with Crippen molar-refractivity contribution >= 4 is 5.91 Å². The molecule has 0 saturated carbocycles. The number of amides is 1. The molecule has 5 nitrogen and oxygen atoms in total. The topological polar surface area (TPSA) is 58.4 Å². The zero-order chi connectivity index (χ0) is 16.1. The van der Waals surface area contributed by atoms with Gasteiger partial charge in [-0.1, -0.05) is 18.0 Å². The van der Waals surface area contributed by atoms with Crippen molar-refractivity contribution in [2.45, 2.75) is 71.9 Å². The first kappa shape index (κ1) is 17.0. The van der Waals surface area contributed by atoms with Crippen LogP contribution in [0, 0.1) is 13.8 Å². The average Bonchev–Trinajstić information content (AvgIpc) is 2.68. The molecule has 124 valence electrons. The third kappa shape index (κ3) is 4.32. The Morgan fingerprint density at radius 3 is 2.41 bits per heavy atom. The highest BCUT2D eigenvalue weighted by molar-refractivity contribution is 5.76. The minimum absolute atomic E-state index is 0.137. The first-order chi connectivity index (χ1) is 10.5. The normalized spacial score (nSPS) is 18.8. The van der Waals surface area contributed by atoms with Gasteiger partial charge in [0.25, 0.3) is 0 Å². The van der Waals surface area contributed by atoms with Crippen LogP contribution in [-0.4, -0.2) is 35.1 Å². The molecule has 1 aromatic heterocycles. The number of carbonyl (C=O) groups is 1. The van der Waals surface area contributed by atoms with Gasteiger partial charge in [-0.25, -0.2) is 0 Å². The highest BCUT2D eigenvalue weighted by Gasteiger charge is 2.21. The van der Waals surface area contributed by atoms with E-state index in [2.05, 4.69) is 24.3 Å². The summed E-state index contributed by atoms with van der Waals surface area (Å²) in [5.41, 5.74) is 2.03. The van der Waals surface area contributed by atoms with Crippen molar-refractivity contribution in [3.8, 4) is 0 Å². The Morgan fingerprint density at radius 1 is 1.23 bits per heavy atom. The first-order valence-electron chi connectivity index (χ1n) is 8.45. The smallest absolute Gasteiger partial charge is 0.224 e. The van der Waals surface area contributed by atoms with E-state index in [1.807, 2.05) is 18.7 Å². The fraction of sp³-hybridized carbons (Fsp3) is 0.765. The van der Waals surface area contributed by atoms with Crippen molar-refractivity contribution in [3.63, 3.8) is 0 Å². The molecule has 2 heterocycles. The van der Waals surface area contributed by atoms with Gasteiger partial charge in [0.2, 0.25) is 5.91 Å². The van der Waals surface area contributed by atoms with Crippen molar-refractivity contribution in [3.05, 3.63) is 17.0 Å². The van der Waals surface area contributed by atoms with Crippen LogP contribution in [0.5, 0.6) is 0 Å².